The van der Waals surface area contributed by atoms with Gasteiger partial charge in [-0.05, 0) is 18.4 Å². The van der Waals surface area contributed by atoms with Crippen LogP contribution in [0, 0.1) is 0 Å². The van der Waals surface area contributed by atoms with E-state index >= 15 is 0 Å². The molecule has 2 aliphatic heterocycles. The second-order valence-electron chi connectivity index (χ2n) is 5.80. The lowest BCUT2D eigenvalue weighted by Crippen LogP contribution is -2.63. The van der Waals surface area contributed by atoms with Gasteiger partial charge in [0.05, 0.1) is 6.42 Å². The highest BCUT2D eigenvalue weighted by molar-refractivity contribution is 6.05. The maximum Gasteiger partial charge on any atom is 0.327 e. The standard InChI is InChI=1S/C16H18N2O4/c19-14-9-13(15(20)21)18(14)16(22)17-8-4-7-12(10-17)11-5-2-1-3-6-11/h1-3,5-6,12-13H,4,7-10H2,(H,20,21). The zero-order valence-corrected chi connectivity index (χ0v) is 12.1. The maximum absolute atomic E-state index is 12.5. The largest absolute Gasteiger partial charge is 0.480 e. The zero-order chi connectivity index (χ0) is 15.7. The molecule has 1 N–H and O–H groups in total. The van der Waals surface area contributed by atoms with Gasteiger partial charge in [-0.2, -0.15) is 0 Å². The average Bonchev–Trinajstić information content (AvgIpc) is 2.53. The monoisotopic (exact) mass is 302 g/mol. The molecule has 2 saturated heterocycles. The van der Waals surface area contributed by atoms with Crippen LogP contribution in [0.15, 0.2) is 30.3 Å². The number of piperidine rings is 1. The second-order valence-corrected chi connectivity index (χ2v) is 5.80. The molecule has 0 bridgehead atoms. The first-order valence-electron chi connectivity index (χ1n) is 7.46. The lowest BCUT2D eigenvalue weighted by molar-refractivity contribution is -0.158. The molecule has 0 spiro atoms. The summed E-state index contributed by atoms with van der Waals surface area (Å²) in [5.74, 6) is -1.29. The van der Waals surface area contributed by atoms with Gasteiger partial charge in [0.1, 0.15) is 6.04 Å². The van der Waals surface area contributed by atoms with E-state index in [-0.39, 0.29) is 12.3 Å². The van der Waals surface area contributed by atoms with E-state index in [2.05, 4.69) is 0 Å². The molecule has 1 aromatic carbocycles. The van der Waals surface area contributed by atoms with E-state index in [4.69, 9.17) is 5.11 Å². The van der Waals surface area contributed by atoms with Crippen LogP contribution >= 0.6 is 0 Å². The number of nitrogens with zero attached hydrogens (tertiary/aromatic N) is 2. The molecule has 3 rings (SSSR count). The molecule has 0 aliphatic carbocycles. The number of amides is 3. The molecule has 1 aromatic rings. The van der Waals surface area contributed by atoms with Gasteiger partial charge >= 0.3 is 12.0 Å². The van der Waals surface area contributed by atoms with Gasteiger partial charge in [-0.25, -0.2) is 14.5 Å². The normalized spacial score (nSPS) is 24.8. The number of imide groups is 1. The summed E-state index contributed by atoms with van der Waals surface area (Å²) in [5.41, 5.74) is 1.17. The molecule has 3 amide bonds. The predicted molar refractivity (Wildman–Crippen MR) is 78.3 cm³/mol. The second kappa shape index (κ2) is 5.79. The van der Waals surface area contributed by atoms with Crippen molar-refractivity contribution < 1.29 is 19.5 Å². The van der Waals surface area contributed by atoms with Crippen molar-refractivity contribution in [1.82, 2.24) is 9.80 Å². The minimum Gasteiger partial charge on any atom is -0.480 e. The molecule has 6 nitrogen and oxygen atoms in total. The molecule has 2 heterocycles. The number of carboxylic acids is 1. The SMILES string of the molecule is O=C(O)C1CC(=O)N1C(=O)N1CCCC(c2ccccc2)C1. The van der Waals surface area contributed by atoms with Crippen LogP contribution < -0.4 is 0 Å². The van der Waals surface area contributed by atoms with Crippen molar-refractivity contribution in [1.29, 1.82) is 0 Å². The van der Waals surface area contributed by atoms with E-state index < -0.39 is 23.9 Å². The third-order valence-corrected chi connectivity index (χ3v) is 4.40. The van der Waals surface area contributed by atoms with Crippen molar-refractivity contribution in [3.8, 4) is 0 Å². The van der Waals surface area contributed by atoms with Gasteiger partial charge in [-0.1, -0.05) is 30.3 Å². The van der Waals surface area contributed by atoms with Crippen LogP contribution in [0.2, 0.25) is 0 Å². The van der Waals surface area contributed by atoms with Crippen molar-refractivity contribution in [3.63, 3.8) is 0 Å². The molecular weight excluding hydrogens is 284 g/mol. The summed E-state index contributed by atoms with van der Waals surface area (Å²) >= 11 is 0. The van der Waals surface area contributed by atoms with Gasteiger partial charge in [0, 0.05) is 19.0 Å². The third kappa shape index (κ3) is 2.56. The predicted octanol–water partition coefficient (Wildman–Crippen LogP) is 1.67. The van der Waals surface area contributed by atoms with Crippen molar-refractivity contribution >= 4 is 17.9 Å². The fourth-order valence-electron chi connectivity index (χ4n) is 3.15. The topological polar surface area (TPSA) is 77.9 Å². The number of carbonyl (C=O) groups excluding carboxylic acids is 2. The number of hydrogen-bond donors (Lipinski definition) is 1. The molecule has 0 saturated carbocycles. The van der Waals surface area contributed by atoms with Gasteiger partial charge in [0.15, 0.2) is 0 Å². The molecule has 2 atom stereocenters. The minimum absolute atomic E-state index is 0.0863. The van der Waals surface area contributed by atoms with Crippen LogP contribution in [-0.2, 0) is 9.59 Å². The van der Waals surface area contributed by atoms with Crippen molar-refractivity contribution in [3.05, 3.63) is 35.9 Å². The summed E-state index contributed by atoms with van der Waals surface area (Å²) in [5, 5.41) is 9.03. The molecule has 2 fully saturated rings. The summed E-state index contributed by atoms with van der Waals surface area (Å²) in [7, 11) is 0. The number of carboxylic acid groups (broad SMARTS) is 1. The Morgan fingerprint density at radius 2 is 1.91 bits per heavy atom. The van der Waals surface area contributed by atoms with Crippen molar-refractivity contribution in [2.45, 2.75) is 31.2 Å². The molecular formula is C16H18N2O4. The Morgan fingerprint density at radius 3 is 2.55 bits per heavy atom. The third-order valence-electron chi connectivity index (χ3n) is 4.40. The maximum atomic E-state index is 12.5. The van der Waals surface area contributed by atoms with Crippen LogP contribution in [0.5, 0.6) is 0 Å². The summed E-state index contributed by atoms with van der Waals surface area (Å²) in [6, 6.07) is 8.48. The van der Waals surface area contributed by atoms with Crippen LogP contribution in [0.25, 0.3) is 0 Å². The van der Waals surface area contributed by atoms with Crippen LogP contribution in [-0.4, -0.2) is 51.9 Å². The molecule has 0 aromatic heterocycles. The first-order chi connectivity index (χ1) is 10.6. The van der Waals surface area contributed by atoms with Gasteiger partial charge in [-0.15, -0.1) is 0 Å². The van der Waals surface area contributed by atoms with Crippen LogP contribution in [0.3, 0.4) is 0 Å². The van der Waals surface area contributed by atoms with E-state index in [1.807, 2.05) is 30.3 Å². The van der Waals surface area contributed by atoms with E-state index in [1.54, 1.807) is 4.90 Å². The van der Waals surface area contributed by atoms with E-state index in [1.165, 1.54) is 5.56 Å². The molecule has 0 radical (unpaired) electrons. The molecule has 2 unspecified atom stereocenters. The molecule has 22 heavy (non-hydrogen) atoms. The Balaban J connectivity index is 1.71. The molecule has 2 aliphatic rings. The minimum atomic E-state index is -1.12. The number of likely N-dealkylation sites (tertiary alicyclic amines) is 2. The Hall–Kier alpha value is -2.37. The number of urea groups is 1. The van der Waals surface area contributed by atoms with Crippen LogP contribution in [0.1, 0.15) is 30.7 Å². The Morgan fingerprint density at radius 1 is 1.18 bits per heavy atom. The Bertz CT molecular complexity index is 601. The lowest BCUT2D eigenvalue weighted by Gasteiger charge is -2.41. The Kier molecular flexibility index (Phi) is 3.83. The summed E-state index contributed by atoms with van der Waals surface area (Å²) in [4.78, 5) is 37.6. The number of rotatable bonds is 2. The van der Waals surface area contributed by atoms with Crippen molar-refractivity contribution in [2.75, 3.05) is 13.1 Å². The van der Waals surface area contributed by atoms with E-state index in [9.17, 15) is 14.4 Å². The average molecular weight is 302 g/mol. The first kappa shape index (κ1) is 14.6. The van der Waals surface area contributed by atoms with Crippen molar-refractivity contribution in [2.24, 2.45) is 0 Å². The smallest absolute Gasteiger partial charge is 0.327 e. The van der Waals surface area contributed by atoms with E-state index in [0.717, 1.165) is 17.7 Å². The van der Waals surface area contributed by atoms with Gasteiger partial charge < -0.3 is 10.0 Å². The Labute approximate surface area is 128 Å². The molecule has 6 heteroatoms. The first-order valence-corrected chi connectivity index (χ1v) is 7.46. The van der Waals surface area contributed by atoms with E-state index in [0.29, 0.717) is 13.1 Å². The highest BCUT2D eigenvalue weighted by atomic mass is 16.4. The fraction of sp³-hybridized carbons (Fsp3) is 0.438. The van der Waals surface area contributed by atoms with Gasteiger partial charge in [0.25, 0.3) is 0 Å². The number of hydrogen-bond acceptors (Lipinski definition) is 3. The quantitative estimate of drug-likeness (QED) is 0.843. The number of carbonyl (C=O) groups is 3. The van der Waals surface area contributed by atoms with Crippen LogP contribution in [0.4, 0.5) is 4.79 Å². The fourth-order valence-corrected chi connectivity index (χ4v) is 3.15. The van der Waals surface area contributed by atoms with Gasteiger partial charge in [-0.3, -0.25) is 4.79 Å². The summed E-state index contributed by atoms with van der Waals surface area (Å²) in [6.45, 7) is 1.09. The highest BCUT2D eigenvalue weighted by Gasteiger charge is 2.47. The zero-order valence-electron chi connectivity index (χ0n) is 12.1. The molecule has 116 valence electrons. The summed E-state index contributed by atoms with van der Waals surface area (Å²) < 4.78 is 0. The number of benzene rings is 1. The lowest BCUT2D eigenvalue weighted by atomic mass is 9.90. The van der Waals surface area contributed by atoms with Gasteiger partial charge in [0.2, 0.25) is 5.91 Å². The number of β-lactam (4-membered cyclic amide) rings is 1. The highest BCUT2D eigenvalue weighted by Crippen LogP contribution is 2.29. The number of aliphatic carboxylic acids is 1. The summed E-state index contributed by atoms with van der Waals surface area (Å²) in [6.07, 6.45) is 1.76.